The first kappa shape index (κ1) is 20.4. The predicted molar refractivity (Wildman–Crippen MR) is 104 cm³/mol. The van der Waals surface area contributed by atoms with Crippen molar-refractivity contribution in [2.45, 2.75) is 78.0 Å². The van der Waals surface area contributed by atoms with Crippen molar-refractivity contribution in [1.29, 1.82) is 0 Å². The summed E-state index contributed by atoms with van der Waals surface area (Å²) >= 11 is 0. The van der Waals surface area contributed by atoms with E-state index in [2.05, 4.69) is 55.2 Å². The monoisotopic (exact) mass is 363 g/mol. The largest absolute Gasteiger partial charge is 0.381 e. The zero-order valence-corrected chi connectivity index (χ0v) is 16.8. The Hall–Kier alpha value is -1.89. The minimum atomic E-state index is -0.538. The van der Waals surface area contributed by atoms with Crippen molar-refractivity contribution in [3.05, 3.63) is 11.8 Å². The van der Waals surface area contributed by atoms with Crippen molar-refractivity contribution in [2.24, 2.45) is 11.1 Å². The van der Waals surface area contributed by atoms with E-state index in [1.165, 1.54) is 6.20 Å². The number of methoxy groups -OCH3 is 1. The number of hydrogen-bond donors (Lipinski definition) is 3. The van der Waals surface area contributed by atoms with Gasteiger partial charge in [0, 0.05) is 24.9 Å². The van der Waals surface area contributed by atoms with Gasteiger partial charge in [0.15, 0.2) is 0 Å². The molecule has 0 atom stereocenters. The summed E-state index contributed by atoms with van der Waals surface area (Å²) in [7, 11) is 1.76. The lowest BCUT2D eigenvalue weighted by Gasteiger charge is -2.40. The number of carbonyl (C=O) groups excluding carboxylic acids is 1. The van der Waals surface area contributed by atoms with Crippen LogP contribution in [0.15, 0.2) is 6.20 Å². The minimum absolute atomic E-state index is 0.0427. The third kappa shape index (κ3) is 4.84. The molecule has 0 radical (unpaired) electrons. The zero-order chi connectivity index (χ0) is 19.5. The Morgan fingerprint density at radius 3 is 2.31 bits per heavy atom. The topological polar surface area (TPSA) is 102 Å². The van der Waals surface area contributed by atoms with Crippen LogP contribution in [0.3, 0.4) is 0 Å². The van der Waals surface area contributed by atoms with E-state index in [1.807, 2.05) is 0 Å². The fourth-order valence-corrected chi connectivity index (χ4v) is 2.84. The molecule has 1 amide bonds. The maximum atomic E-state index is 11.8. The highest BCUT2D eigenvalue weighted by atomic mass is 16.5. The molecular formula is C19H33N5O2. The van der Waals surface area contributed by atoms with Crippen molar-refractivity contribution >= 4 is 17.7 Å². The average Bonchev–Trinajstić information content (AvgIpc) is 2.54. The maximum absolute atomic E-state index is 11.8. The Kier molecular flexibility index (Phi) is 6.11. The van der Waals surface area contributed by atoms with E-state index in [1.54, 1.807) is 7.11 Å². The van der Waals surface area contributed by atoms with Crippen LogP contribution >= 0.6 is 0 Å². The quantitative estimate of drug-likeness (QED) is 0.717. The number of primary amides is 1. The van der Waals surface area contributed by atoms with Crippen LogP contribution in [-0.4, -0.2) is 40.7 Å². The van der Waals surface area contributed by atoms with Gasteiger partial charge in [0.05, 0.1) is 11.7 Å². The Morgan fingerprint density at radius 2 is 1.81 bits per heavy atom. The molecule has 26 heavy (non-hydrogen) atoms. The summed E-state index contributed by atoms with van der Waals surface area (Å²) in [5.74, 6) is 0.452. The molecule has 0 spiro atoms. The van der Waals surface area contributed by atoms with E-state index in [-0.39, 0.29) is 11.0 Å². The molecule has 2 rings (SSSR count). The summed E-state index contributed by atoms with van der Waals surface area (Å²) in [6, 6.07) is 0.310. The molecule has 0 aliphatic heterocycles. The fourth-order valence-electron chi connectivity index (χ4n) is 2.84. The lowest BCUT2D eigenvalue weighted by Crippen LogP contribution is -2.45. The van der Waals surface area contributed by atoms with Crippen LogP contribution in [0.2, 0.25) is 0 Å². The van der Waals surface area contributed by atoms with Crippen molar-refractivity contribution in [3.63, 3.8) is 0 Å². The molecule has 1 heterocycles. The molecule has 0 aromatic carbocycles. The van der Waals surface area contributed by atoms with Gasteiger partial charge in [-0.1, -0.05) is 20.8 Å². The summed E-state index contributed by atoms with van der Waals surface area (Å²) < 4.78 is 5.42. The first-order valence-corrected chi connectivity index (χ1v) is 9.28. The molecule has 1 aliphatic carbocycles. The summed E-state index contributed by atoms with van der Waals surface area (Å²) in [6.07, 6.45) is 5.91. The molecule has 4 N–H and O–H groups in total. The number of anilines is 2. The standard InChI is InChI=1S/C19H33N5O2/c1-18(2,3)19(4,5)24-16-14(15(20)25)11-21-17(23-16)22-12-7-9-13(26-6)10-8-12/h11-13H,7-10H2,1-6H3,(H2,20,25)(H2,21,22,23,24). The third-order valence-electron chi connectivity index (χ3n) is 5.70. The number of nitrogens with two attached hydrogens (primary N) is 1. The number of nitrogens with one attached hydrogen (secondary N) is 2. The molecule has 0 bridgehead atoms. The van der Waals surface area contributed by atoms with Gasteiger partial charge < -0.3 is 21.1 Å². The van der Waals surface area contributed by atoms with Gasteiger partial charge in [-0.3, -0.25) is 4.79 Å². The van der Waals surface area contributed by atoms with Crippen LogP contribution in [0.4, 0.5) is 11.8 Å². The zero-order valence-electron chi connectivity index (χ0n) is 16.8. The Bertz CT molecular complexity index is 631. The summed E-state index contributed by atoms with van der Waals surface area (Å²) in [5, 5.41) is 6.78. The van der Waals surface area contributed by atoms with Crippen LogP contribution in [-0.2, 0) is 4.74 Å². The highest BCUT2D eigenvalue weighted by Crippen LogP contribution is 2.33. The number of amides is 1. The van der Waals surface area contributed by atoms with Crippen LogP contribution in [0.25, 0.3) is 0 Å². The molecule has 146 valence electrons. The van der Waals surface area contributed by atoms with Crippen LogP contribution in [0.1, 0.15) is 70.7 Å². The minimum Gasteiger partial charge on any atom is -0.381 e. The average molecular weight is 364 g/mol. The van der Waals surface area contributed by atoms with Gasteiger partial charge in [0.25, 0.3) is 5.91 Å². The van der Waals surface area contributed by atoms with Crippen LogP contribution < -0.4 is 16.4 Å². The van der Waals surface area contributed by atoms with Crippen molar-refractivity contribution in [1.82, 2.24) is 9.97 Å². The van der Waals surface area contributed by atoms with E-state index in [4.69, 9.17) is 10.5 Å². The van der Waals surface area contributed by atoms with Gasteiger partial charge in [0.1, 0.15) is 5.82 Å². The van der Waals surface area contributed by atoms with Crippen molar-refractivity contribution in [2.75, 3.05) is 17.7 Å². The number of carbonyl (C=O) groups is 1. The molecule has 7 heteroatoms. The lowest BCUT2D eigenvalue weighted by atomic mass is 9.76. The first-order valence-electron chi connectivity index (χ1n) is 9.28. The van der Waals surface area contributed by atoms with Crippen molar-refractivity contribution in [3.8, 4) is 0 Å². The molecule has 1 aromatic rings. The molecule has 7 nitrogen and oxygen atoms in total. The number of rotatable bonds is 6. The maximum Gasteiger partial charge on any atom is 0.254 e. The number of aromatic nitrogens is 2. The number of nitrogens with zero attached hydrogens (tertiary/aromatic N) is 2. The summed E-state index contributed by atoms with van der Waals surface area (Å²) in [5.41, 5.74) is 5.48. The Labute approximate surface area is 156 Å². The van der Waals surface area contributed by atoms with Gasteiger partial charge >= 0.3 is 0 Å². The van der Waals surface area contributed by atoms with Gasteiger partial charge in [0.2, 0.25) is 5.95 Å². The van der Waals surface area contributed by atoms with Gasteiger partial charge in [-0.05, 0) is 44.9 Å². The molecule has 0 saturated heterocycles. The molecule has 1 saturated carbocycles. The molecule has 0 unspecified atom stereocenters. The first-order chi connectivity index (χ1) is 12.0. The van der Waals surface area contributed by atoms with Gasteiger partial charge in [-0.15, -0.1) is 0 Å². The smallest absolute Gasteiger partial charge is 0.254 e. The van der Waals surface area contributed by atoms with E-state index in [9.17, 15) is 4.79 Å². The normalized spacial score (nSPS) is 21.3. The molecule has 1 aromatic heterocycles. The fraction of sp³-hybridized carbons (Fsp3) is 0.737. The summed E-state index contributed by atoms with van der Waals surface area (Å²) in [6.45, 7) is 10.6. The SMILES string of the molecule is COC1CCC(Nc2ncc(C(N)=O)c(NC(C)(C)C(C)(C)C)n2)CC1. The van der Waals surface area contributed by atoms with Crippen LogP contribution in [0, 0.1) is 5.41 Å². The second-order valence-corrected chi connectivity index (χ2v) is 8.67. The summed E-state index contributed by atoms with van der Waals surface area (Å²) in [4.78, 5) is 20.6. The lowest BCUT2D eigenvalue weighted by molar-refractivity contribution is 0.0681. The van der Waals surface area contributed by atoms with E-state index >= 15 is 0 Å². The predicted octanol–water partition coefficient (Wildman–Crippen LogP) is 3.18. The van der Waals surface area contributed by atoms with Gasteiger partial charge in [-0.25, -0.2) is 4.98 Å². The van der Waals surface area contributed by atoms with Crippen LogP contribution in [0.5, 0.6) is 0 Å². The Balaban J connectivity index is 2.19. The second kappa shape index (κ2) is 7.78. The molecule has 1 fully saturated rings. The van der Waals surface area contributed by atoms with E-state index in [0.717, 1.165) is 25.7 Å². The number of ether oxygens (including phenoxy) is 1. The van der Waals surface area contributed by atoms with E-state index in [0.29, 0.717) is 29.5 Å². The number of hydrogen-bond acceptors (Lipinski definition) is 6. The molecule has 1 aliphatic rings. The highest BCUT2D eigenvalue weighted by molar-refractivity contribution is 5.97. The highest BCUT2D eigenvalue weighted by Gasteiger charge is 2.34. The van der Waals surface area contributed by atoms with Gasteiger partial charge in [-0.2, -0.15) is 4.98 Å². The second-order valence-electron chi connectivity index (χ2n) is 8.67. The molecular weight excluding hydrogens is 330 g/mol. The third-order valence-corrected chi connectivity index (χ3v) is 5.70. The van der Waals surface area contributed by atoms with Crippen molar-refractivity contribution < 1.29 is 9.53 Å². The Morgan fingerprint density at radius 1 is 1.19 bits per heavy atom. The van der Waals surface area contributed by atoms with E-state index < -0.39 is 5.91 Å².